The van der Waals surface area contributed by atoms with Crippen LogP contribution in [-0.4, -0.2) is 38.9 Å². The Morgan fingerprint density at radius 1 is 1.25 bits per heavy atom. The number of morpholine rings is 1. The summed E-state index contributed by atoms with van der Waals surface area (Å²) in [6.07, 6.45) is 2.49. The van der Waals surface area contributed by atoms with Crippen molar-refractivity contribution in [2.45, 2.75) is 44.4 Å². The summed E-state index contributed by atoms with van der Waals surface area (Å²) in [6.45, 7) is 4.50. The van der Waals surface area contributed by atoms with E-state index in [1.165, 1.54) is 12.8 Å². The van der Waals surface area contributed by atoms with Crippen LogP contribution < -0.4 is 0 Å². The van der Waals surface area contributed by atoms with Crippen LogP contribution in [0.4, 0.5) is 0 Å². The van der Waals surface area contributed by atoms with Crippen molar-refractivity contribution in [2.75, 3.05) is 13.2 Å². The summed E-state index contributed by atoms with van der Waals surface area (Å²) in [5.74, 6) is 2.78. The van der Waals surface area contributed by atoms with Crippen LogP contribution in [0, 0.1) is 0 Å². The quantitative estimate of drug-likeness (QED) is 0.852. The molecule has 1 saturated heterocycles. The molecule has 0 bridgehead atoms. The molecule has 1 aromatic heterocycles. The number of aromatic nitrogens is 3. The van der Waals surface area contributed by atoms with Gasteiger partial charge < -0.3 is 9.30 Å². The second kappa shape index (κ2) is 6.47. The summed E-state index contributed by atoms with van der Waals surface area (Å²) in [4.78, 5) is 2.41. The molecule has 24 heavy (non-hydrogen) atoms. The molecule has 6 heteroatoms. The minimum Gasteiger partial charge on any atom is -0.371 e. The van der Waals surface area contributed by atoms with E-state index in [1.54, 1.807) is 0 Å². The van der Waals surface area contributed by atoms with E-state index >= 15 is 0 Å². The normalized spacial score (nSPS) is 25.1. The van der Waals surface area contributed by atoms with Crippen LogP contribution in [-0.2, 0) is 18.3 Å². The lowest BCUT2D eigenvalue weighted by molar-refractivity contribution is -0.0643. The van der Waals surface area contributed by atoms with Gasteiger partial charge >= 0.3 is 0 Å². The molecule has 1 aliphatic carbocycles. The zero-order valence-electron chi connectivity index (χ0n) is 14.2. The highest BCUT2D eigenvalue weighted by molar-refractivity contribution is 6.31. The highest BCUT2D eigenvalue weighted by Gasteiger charge is 2.32. The lowest BCUT2D eigenvalue weighted by Gasteiger charge is -2.38. The number of hydrogen-bond donors (Lipinski definition) is 0. The first-order chi connectivity index (χ1) is 11.6. The van der Waals surface area contributed by atoms with Crippen LogP contribution in [0.3, 0.4) is 0 Å². The summed E-state index contributed by atoms with van der Waals surface area (Å²) >= 11 is 6.35. The number of rotatable bonds is 4. The Labute approximate surface area is 147 Å². The minimum absolute atomic E-state index is 0.00558. The third-order valence-corrected chi connectivity index (χ3v) is 5.44. The van der Waals surface area contributed by atoms with E-state index in [4.69, 9.17) is 16.3 Å². The third kappa shape index (κ3) is 3.08. The molecule has 2 aliphatic rings. The molecular weight excluding hydrogens is 324 g/mol. The molecule has 2 heterocycles. The van der Waals surface area contributed by atoms with E-state index in [1.807, 2.05) is 18.2 Å². The molecule has 5 nitrogen and oxygen atoms in total. The Hall–Kier alpha value is -1.43. The number of ether oxygens (including phenoxy) is 1. The molecule has 128 valence electrons. The number of halogens is 1. The van der Waals surface area contributed by atoms with E-state index in [-0.39, 0.29) is 6.10 Å². The van der Waals surface area contributed by atoms with Gasteiger partial charge in [-0.15, -0.1) is 10.2 Å². The van der Waals surface area contributed by atoms with Gasteiger partial charge in [0.15, 0.2) is 0 Å². The molecule has 0 spiro atoms. The summed E-state index contributed by atoms with van der Waals surface area (Å²) in [5.41, 5.74) is 1.06. The van der Waals surface area contributed by atoms with E-state index in [0.717, 1.165) is 35.3 Å². The monoisotopic (exact) mass is 346 g/mol. The summed E-state index contributed by atoms with van der Waals surface area (Å²) in [5, 5.41) is 9.59. The van der Waals surface area contributed by atoms with Gasteiger partial charge in [-0.2, -0.15) is 0 Å². The predicted octanol–water partition coefficient (Wildman–Crippen LogP) is 3.31. The molecule has 1 aliphatic heterocycles. The van der Waals surface area contributed by atoms with Gasteiger partial charge in [0.25, 0.3) is 0 Å². The van der Waals surface area contributed by atoms with Gasteiger partial charge in [-0.1, -0.05) is 29.8 Å². The van der Waals surface area contributed by atoms with E-state index in [9.17, 15) is 0 Å². The lowest BCUT2D eigenvalue weighted by Crippen LogP contribution is -2.44. The van der Waals surface area contributed by atoms with Crippen molar-refractivity contribution >= 4 is 11.6 Å². The van der Waals surface area contributed by atoms with Crippen molar-refractivity contribution in [3.63, 3.8) is 0 Å². The number of nitrogens with zero attached hydrogens (tertiary/aromatic N) is 4. The van der Waals surface area contributed by atoms with E-state index in [0.29, 0.717) is 18.6 Å². The fraction of sp³-hybridized carbons (Fsp3) is 0.556. The standard InChI is InChI=1S/C18H23ClN4O/c1-12-11-24-16(14-5-3-4-6-15(14)19)9-23(12)10-17-20-21-18(22(17)2)13-7-8-13/h3-6,12-13,16H,7-11H2,1-2H3. The molecule has 0 radical (unpaired) electrons. The van der Waals surface area contributed by atoms with Crippen molar-refractivity contribution in [1.82, 2.24) is 19.7 Å². The first-order valence-electron chi connectivity index (χ1n) is 8.61. The van der Waals surface area contributed by atoms with Gasteiger partial charge in [-0.25, -0.2) is 0 Å². The molecule has 2 atom stereocenters. The van der Waals surface area contributed by atoms with Crippen molar-refractivity contribution in [3.8, 4) is 0 Å². The summed E-state index contributed by atoms with van der Waals surface area (Å²) < 4.78 is 8.21. The maximum atomic E-state index is 6.35. The molecule has 2 aromatic rings. The first-order valence-corrected chi connectivity index (χ1v) is 8.99. The zero-order chi connectivity index (χ0) is 16.7. The topological polar surface area (TPSA) is 43.2 Å². The highest BCUT2D eigenvalue weighted by atomic mass is 35.5. The highest BCUT2D eigenvalue weighted by Crippen LogP contribution is 2.39. The van der Waals surface area contributed by atoms with Crippen molar-refractivity contribution < 1.29 is 4.74 Å². The molecule has 1 aromatic carbocycles. The van der Waals surface area contributed by atoms with Crippen molar-refractivity contribution in [3.05, 3.63) is 46.5 Å². The van der Waals surface area contributed by atoms with Crippen LogP contribution in [0.5, 0.6) is 0 Å². The molecule has 0 amide bonds. The summed E-state index contributed by atoms with van der Waals surface area (Å²) in [7, 11) is 2.08. The van der Waals surface area contributed by atoms with Gasteiger partial charge in [0.05, 0.1) is 19.3 Å². The van der Waals surface area contributed by atoms with Crippen LogP contribution >= 0.6 is 11.6 Å². The van der Waals surface area contributed by atoms with E-state index in [2.05, 4.69) is 39.7 Å². The second-order valence-corrected chi connectivity index (χ2v) is 7.34. The average Bonchev–Trinajstić information content (AvgIpc) is 3.35. The Morgan fingerprint density at radius 3 is 2.79 bits per heavy atom. The molecule has 2 unspecified atom stereocenters. The molecular formula is C18H23ClN4O. The van der Waals surface area contributed by atoms with Crippen LogP contribution in [0.2, 0.25) is 5.02 Å². The lowest BCUT2D eigenvalue weighted by atomic mass is 10.1. The van der Waals surface area contributed by atoms with Crippen LogP contribution in [0.1, 0.15) is 49.0 Å². The number of hydrogen-bond acceptors (Lipinski definition) is 4. The van der Waals surface area contributed by atoms with Gasteiger partial charge in [0.1, 0.15) is 11.6 Å². The Morgan fingerprint density at radius 2 is 2.04 bits per heavy atom. The fourth-order valence-electron chi connectivity index (χ4n) is 3.34. The average molecular weight is 347 g/mol. The van der Waals surface area contributed by atoms with Gasteiger partial charge in [0.2, 0.25) is 0 Å². The second-order valence-electron chi connectivity index (χ2n) is 6.93. The maximum absolute atomic E-state index is 6.35. The molecule has 4 rings (SSSR count). The minimum atomic E-state index is 0.00558. The summed E-state index contributed by atoms with van der Waals surface area (Å²) in [6, 6.07) is 8.29. The first kappa shape index (κ1) is 16.1. The van der Waals surface area contributed by atoms with Gasteiger partial charge in [-0.05, 0) is 25.8 Å². The van der Waals surface area contributed by atoms with Gasteiger partial charge in [0, 0.05) is 36.1 Å². The molecule has 1 saturated carbocycles. The van der Waals surface area contributed by atoms with Crippen molar-refractivity contribution in [2.24, 2.45) is 7.05 Å². The van der Waals surface area contributed by atoms with Crippen LogP contribution in [0.15, 0.2) is 24.3 Å². The Kier molecular flexibility index (Phi) is 4.33. The van der Waals surface area contributed by atoms with Crippen molar-refractivity contribution in [1.29, 1.82) is 0 Å². The molecule has 0 N–H and O–H groups in total. The number of benzene rings is 1. The smallest absolute Gasteiger partial charge is 0.146 e. The largest absolute Gasteiger partial charge is 0.371 e. The molecule has 2 fully saturated rings. The Balaban J connectivity index is 1.50. The van der Waals surface area contributed by atoms with Crippen LogP contribution in [0.25, 0.3) is 0 Å². The Bertz CT molecular complexity index is 728. The van der Waals surface area contributed by atoms with Gasteiger partial charge in [-0.3, -0.25) is 4.90 Å². The third-order valence-electron chi connectivity index (χ3n) is 5.10. The maximum Gasteiger partial charge on any atom is 0.146 e. The predicted molar refractivity (Wildman–Crippen MR) is 93.0 cm³/mol. The SMILES string of the molecule is CC1COC(c2ccccc2Cl)CN1Cc1nnc(C2CC2)n1C. The van der Waals surface area contributed by atoms with E-state index < -0.39 is 0 Å². The zero-order valence-corrected chi connectivity index (χ0v) is 14.9. The fourth-order valence-corrected chi connectivity index (χ4v) is 3.60.